The summed E-state index contributed by atoms with van der Waals surface area (Å²) in [6, 6.07) is 23.2. The molecule has 2 heterocycles. The van der Waals surface area contributed by atoms with E-state index in [1.54, 1.807) is 10.8 Å². The molecule has 0 N–H and O–H groups in total. The zero-order valence-corrected chi connectivity index (χ0v) is 13.0. The van der Waals surface area contributed by atoms with Crippen molar-refractivity contribution in [2.24, 2.45) is 0 Å². The second-order valence-corrected chi connectivity index (χ2v) is 5.54. The van der Waals surface area contributed by atoms with Crippen LogP contribution in [0.2, 0.25) is 0 Å². The largest absolute Gasteiger partial charge is 0.278 e. The Morgan fingerprint density at radius 2 is 1.54 bits per heavy atom. The summed E-state index contributed by atoms with van der Waals surface area (Å²) in [4.78, 5) is 22.0. The lowest BCUT2D eigenvalue weighted by atomic mass is 10.1. The van der Waals surface area contributed by atoms with Gasteiger partial charge in [0, 0.05) is 12.6 Å². The van der Waals surface area contributed by atoms with E-state index in [2.05, 4.69) is 9.97 Å². The summed E-state index contributed by atoms with van der Waals surface area (Å²) in [6.07, 6.45) is 2.18. The smallest absolute Gasteiger partial charge is 0.267 e. The van der Waals surface area contributed by atoms with Gasteiger partial charge in [0.1, 0.15) is 11.2 Å². The van der Waals surface area contributed by atoms with E-state index < -0.39 is 0 Å². The number of hydrogen-bond donors (Lipinski definition) is 0. The summed E-state index contributed by atoms with van der Waals surface area (Å²) >= 11 is 0. The highest BCUT2D eigenvalue weighted by Crippen LogP contribution is 2.14. The van der Waals surface area contributed by atoms with Gasteiger partial charge in [0.05, 0.1) is 5.69 Å². The molecule has 116 valence electrons. The Hall–Kier alpha value is -3.27. The van der Waals surface area contributed by atoms with Gasteiger partial charge in [0.25, 0.3) is 5.56 Å². The molecular formula is C20H15N3O. The zero-order chi connectivity index (χ0) is 16.4. The van der Waals surface area contributed by atoms with E-state index in [4.69, 9.17) is 0 Å². The molecule has 2 aromatic heterocycles. The third-order valence-corrected chi connectivity index (χ3v) is 3.91. The topological polar surface area (TPSA) is 47.8 Å². The summed E-state index contributed by atoms with van der Waals surface area (Å²) in [6.45, 7) is 0. The fraction of sp³-hybridized carbons (Fsp3) is 0.0500. The average molecular weight is 313 g/mol. The van der Waals surface area contributed by atoms with E-state index in [1.807, 2.05) is 72.8 Å². The molecule has 0 aliphatic rings. The molecule has 0 bridgehead atoms. The van der Waals surface area contributed by atoms with E-state index >= 15 is 0 Å². The molecule has 0 aliphatic carbocycles. The number of aromatic nitrogens is 3. The van der Waals surface area contributed by atoms with E-state index in [-0.39, 0.29) is 5.56 Å². The van der Waals surface area contributed by atoms with Gasteiger partial charge in [0.15, 0.2) is 5.65 Å². The van der Waals surface area contributed by atoms with Crippen LogP contribution in [0.15, 0.2) is 83.8 Å². The van der Waals surface area contributed by atoms with E-state index in [9.17, 15) is 4.79 Å². The first-order valence-electron chi connectivity index (χ1n) is 7.79. The van der Waals surface area contributed by atoms with Crippen LogP contribution in [0.4, 0.5) is 0 Å². The third kappa shape index (κ3) is 2.58. The van der Waals surface area contributed by atoms with Crippen LogP contribution < -0.4 is 5.56 Å². The number of fused-ring (bicyclic) bond motifs is 1. The van der Waals surface area contributed by atoms with Crippen molar-refractivity contribution < 1.29 is 0 Å². The van der Waals surface area contributed by atoms with E-state index in [0.29, 0.717) is 23.3 Å². The molecule has 0 radical (unpaired) electrons. The van der Waals surface area contributed by atoms with Crippen LogP contribution in [-0.2, 0) is 6.42 Å². The lowest BCUT2D eigenvalue weighted by molar-refractivity contribution is 0.927. The first-order valence-corrected chi connectivity index (χ1v) is 7.79. The second-order valence-electron chi connectivity index (χ2n) is 5.54. The number of benzene rings is 2. The summed E-state index contributed by atoms with van der Waals surface area (Å²) in [5, 5.41) is 0. The van der Waals surface area contributed by atoms with Crippen LogP contribution >= 0.6 is 0 Å². The second kappa shape index (κ2) is 6.08. The minimum Gasteiger partial charge on any atom is -0.267 e. The van der Waals surface area contributed by atoms with Crippen molar-refractivity contribution in [2.45, 2.75) is 6.42 Å². The van der Waals surface area contributed by atoms with E-state index in [0.717, 1.165) is 11.3 Å². The monoisotopic (exact) mass is 313 g/mol. The van der Waals surface area contributed by atoms with Gasteiger partial charge in [0.2, 0.25) is 0 Å². The van der Waals surface area contributed by atoms with Crippen molar-refractivity contribution in [3.05, 3.63) is 101 Å². The Morgan fingerprint density at radius 3 is 2.29 bits per heavy atom. The molecule has 0 atom stereocenters. The molecule has 0 saturated heterocycles. The highest BCUT2D eigenvalue weighted by molar-refractivity contribution is 5.72. The number of nitrogens with zero attached hydrogens (tertiary/aromatic N) is 3. The first-order chi connectivity index (χ1) is 11.8. The Bertz CT molecular complexity index is 1040. The molecule has 4 rings (SSSR count). The Kier molecular flexibility index (Phi) is 3.63. The molecule has 0 fully saturated rings. The Labute approximate surface area is 139 Å². The molecule has 2 aromatic carbocycles. The SMILES string of the molecule is O=c1c(Cc2ccccc2)nc2cccnc2n1-c1ccccc1. The normalized spacial score (nSPS) is 10.8. The molecule has 4 aromatic rings. The third-order valence-electron chi connectivity index (χ3n) is 3.91. The summed E-state index contributed by atoms with van der Waals surface area (Å²) in [7, 11) is 0. The first kappa shape index (κ1) is 14.3. The van der Waals surface area contributed by atoms with Gasteiger partial charge in [-0.2, -0.15) is 0 Å². The van der Waals surface area contributed by atoms with Crippen molar-refractivity contribution in [2.75, 3.05) is 0 Å². The minimum atomic E-state index is -0.128. The Balaban J connectivity index is 1.96. The van der Waals surface area contributed by atoms with Crippen molar-refractivity contribution >= 4 is 11.2 Å². The number of para-hydroxylation sites is 1. The van der Waals surface area contributed by atoms with Crippen LogP contribution in [0.3, 0.4) is 0 Å². The molecule has 0 spiro atoms. The maximum Gasteiger partial charge on any atom is 0.278 e. The van der Waals surface area contributed by atoms with Crippen molar-refractivity contribution in [1.29, 1.82) is 0 Å². The molecule has 0 amide bonds. The molecule has 4 nitrogen and oxygen atoms in total. The van der Waals surface area contributed by atoms with Crippen LogP contribution in [0.1, 0.15) is 11.3 Å². The summed E-state index contributed by atoms with van der Waals surface area (Å²) in [5.41, 5.74) is 3.53. The number of pyridine rings is 1. The van der Waals surface area contributed by atoms with Crippen LogP contribution in [0.5, 0.6) is 0 Å². The van der Waals surface area contributed by atoms with Gasteiger partial charge in [-0.05, 0) is 29.8 Å². The maximum atomic E-state index is 13.0. The molecule has 0 unspecified atom stereocenters. The minimum absolute atomic E-state index is 0.128. The predicted octanol–water partition coefficient (Wildman–Crippen LogP) is 3.37. The zero-order valence-electron chi connectivity index (χ0n) is 13.0. The average Bonchev–Trinajstić information content (AvgIpc) is 2.64. The lowest BCUT2D eigenvalue weighted by Crippen LogP contribution is -2.25. The van der Waals surface area contributed by atoms with Gasteiger partial charge in [-0.15, -0.1) is 0 Å². The van der Waals surface area contributed by atoms with Crippen LogP contribution in [0.25, 0.3) is 16.9 Å². The Morgan fingerprint density at radius 1 is 0.833 bits per heavy atom. The highest BCUT2D eigenvalue weighted by atomic mass is 16.1. The van der Waals surface area contributed by atoms with Crippen molar-refractivity contribution in [3.8, 4) is 5.69 Å². The summed E-state index contributed by atoms with van der Waals surface area (Å²) in [5.74, 6) is 0. The van der Waals surface area contributed by atoms with Crippen molar-refractivity contribution in [1.82, 2.24) is 14.5 Å². The molecule has 24 heavy (non-hydrogen) atoms. The van der Waals surface area contributed by atoms with Crippen LogP contribution in [-0.4, -0.2) is 14.5 Å². The van der Waals surface area contributed by atoms with E-state index in [1.165, 1.54) is 0 Å². The highest BCUT2D eigenvalue weighted by Gasteiger charge is 2.13. The molecule has 4 heteroatoms. The molecular weight excluding hydrogens is 298 g/mol. The predicted molar refractivity (Wildman–Crippen MR) is 94.4 cm³/mol. The van der Waals surface area contributed by atoms with Gasteiger partial charge in [-0.25, -0.2) is 9.97 Å². The number of hydrogen-bond acceptors (Lipinski definition) is 3. The lowest BCUT2D eigenvalue weighted by Gasteiger charge is -2.11. The van der Waals surface area contributed by atoms with Gasteiger partial charge >= 0.3 is 0 Å². The number of rotatable bonds is 3. The van der Waals surface area contributed by atoms with Gasteiger partial charge < -0.3 is 0 Å². The molecule has 0 aliphatic heterocycles. The van der Waals surface area contributed by atoms with Crippen LogP contribution in [0, 0.1) is 0 Å². The summed E-state index contributed by atoms with van der Waals surface area (Å²) < 4.78 is 1.64. The van der Waals surface area contributed by atoms with Gasteiger partial charge in [-0.1, -0.05) is 48.5 Å². The quantitative estimate of drug-likeness (QED) is 0.582. The fourth-order valence-corrected chi connectivity index (χ4v) is 2.79. The van der Waals surface area contributed by atoms with Crippen molar-refractivity contribution in [3.63, 3.8) is 0 Å². The van der Waals surface area contributed by atoms with Gasteiger partial charge in [-0.3, -0.25) is 9.36 Å². The fourth-order valence-electron chi connectivity index (χ4n) is 2.79. The standard InChI is InChI=1S/C20H15N3O/c24-20-18(14-15-8-3-1-4-9-15)22-17-12-7-13-21-19(17)23(20)16-10-5-2-6-11-16/h1-13H,14H2. The molecule has 0 saturated carbocycles. The maximum absolute atomic E-state index is 13.0.